The first-order chi connectivity index (χ1) is 9.40. The minimum atomic E-state index is 0.737. The Bertz CT molecular complexity index is 476. The van der Waals surface area contributed by atoms with E-state index in [2.05, 4.69) is 48.5 Å². The average Bonchev–Trinajstić information content (AvgIpc) is 2.47. The normalized spacial score (nSPS) is 10.4. The molecule has 0 fully saturated rings. The van der Waals surface area contributed by atoms with E-state index in [0.717, 1.165) is 25.2 Å². The van der Waals surface area contributed by atoms with Gasteiger partial charge in [-0.15, -0.1) is 0 Å². The molecule has 0 bridgehead atoms. The van der Waals surface area contributed by atoms with Crippen LogP contribution in [-0.4, -0.2) is 6.61 Å². The largest absolute Gasteiger partial charge is 0.494 e. The predicted molar refractivity (Wildman–Crippen MR) is 80.7 cm³/mol. The molecule has 0 aromatic heterocycles. The summed E-state index contributed by atoms with van der Waals surface area (Å²) in [5.41, 5.74) is 2.76. The fraction of sp³-hybridized carbons (Fsp3) is 0.333. The Kier molecular flexibility index (Phi) is 5.49. The van der Waals surface area contributed by atoms with Gasteiger partial charge in [-0.05, 0) is 49.8 Å². The van der Waals surface area contributed by atoms with Crippen LogP contribution in [0.3, 0.4) is 0 Å². The van der Waals surface area contributed by atoms with Crippen LogP contribution in [0.5, 0.6) is 5.75 Å². The molecular weight excluding hydrogens is 232 g/mol. The molecule has 0 amide bonds. The molecule has 0 saturated heterocycles. The molecule has 0 aliphatic heterocycles. The summed E-state index contributed by atoms with van der Waals surface area (Å²) in [7, 11) is 0. The van der Waals surface area contributed by atoms with Crippen LogP contribution in [0.2, 0.25) is 0 Å². The highest BCUT2D eigenvalue weighted by Crippen LogP contribution is 2.20. The molecule has 0 unspecified atom stereocenters. The van der Waals surface area contributed by atoms with Crippen molar-refractivity contribution in [3.8, 4) is 5.75 Å². The number of para-hydroxylation sites is 1. The second-order valence-electron chi connectivity index (χ2n) is 4.73. The third kappa shape index (κ3) is 4.44. The van der Waals surface area contributed by atoms with E-state index in [0.29, 0.717) is 0 Å². The molecule has 0 N–H and O–H groups in total. The van der Waals surface area contributed by atoms with E-state index in [1.54, 1.807) is 0 Å². The van der Waals surface area contributed by atoms with E-state index in [1.807, 2.05) is 13.0 Å². The lowest BCUT2D eigenvalue weighted by molar-refractivity contribution is 0.336. The molecule has 2 aromatic carbocycles. The lowest BCUT2D eigenvalue weighted by atomic mass is 10.0. The van der Waals surface area contributed by atoms with Crippen molar-refractivity contribution in [2.24, 2.45) is 0 Å². The standard InChI is InChI=1S/C18H22O/c1-2-19-18-15-9-8-14-17(18)13-7-6-12-16-10-4-3-5-11-16/h3-5,8-11,14-15H,2,6-7,12-13H2,1H3. The molecule has 0 aliphatic rings. The van der Waals surface area contributed by atoms with Gasteiger partial charge in [0.2, 0.25) is 0 Å². The van der Waals surface area contributed by atoms with Crippen LogP contribution in [0.4, 0.5) is 0 Å². The first kappa shape index (κ1) is 13.7. The molecule has 0 saturated carbocycles. The molecule has 0 atom stereocenters. The van der Waals surface area contributed by atoms with Gasteiger partial charge in [0.05, 0.1) is 6.61 Å². The molecule has 0 spiro atoms. The highest BCUT2D eigenvalue weighted by atomic mass is 16.5. The van der Waals surface area contributed by atoms with E-state index in [1.165, 1.54) is 24.0 Å². The van der Waals surface area contributed by atoms with Crippen molar-refractivity contribution in [1.82, 2.24) is 0 Å². The van der Waals surface area contributed by atoms with E-state index >= 15 is 0 Å². The zero-order chi connectivity index (χ0) is 13.3. The minimum absolute atomic E-state index is 0.737. The molecule has 0 radical (unpaired) electrons. The van der Waals surface area contributed by atoms with Crippen LogP contribution in [0.25, 0.3) is 0 Å². The molecular formula is C18H22O. The third-order valence-electron chi connectivity index (χ3n) is 3.28. The van der Waals surface area contributed by atoms with Gasteiger partial charge in [0.1, 0.15) is 5.75 Å². The summed E-state index contributed by atoms with van der Waals surface area (Å²) in [6, 6.07) is 19.1. The lowest BCUT2D eigenvalue weighted by Crippen LogP contribution is -1.97. The molecule has 2 aromatic rings. The van der Waals surface area contributed by atoms with Crippen LogP contribution in [0, 0.1) is 0 Å². The van der Waals surface area contributed by atoms with E-state index < -0.39 is 0 Å². The first-order valence-corrected chi connectivity index (χ1v) is 7.15. The van der Waals surface area contributed by atoms with Crippen molar-refractivity contribution in [2.75, 3.05) is 6.61 Å². The average molecular weight is 254 g/mol. The Morgan fingerprint density at radius 1 is 0.789 bits per heavy atom. The second kappa shape index (κ2) is 7.63. The van der Waals surface area contributed by atoms with Gasteiger partial charge in [-0.2, -0.15) is 0 Å². The van der Waals surface area contributed by atoms with Crippen molar-refractivity contribution in [3.63, 3.8) is 0 Å². The first-order valence-electron chi connectivity index (χ1n) is 7.15. The lowest BCUT2D eigenvalue weighted by Gasteiger charge is -2.09. The summed E-state index contributed by atoms with van der Waals surface area (Å²) in [5, 5.41) is 0. The third-order valence-corrected chi connectivity index (χ3v) is 3.28. The quantitative estimate of drug-likeness (QED) is 0.653. The Morgan fingerprint density at radius 2 is 1.47 bits per heavy atom. The van der Waals surface area contributed by atoms with Gasteiger partial charge >= 0.3 is 0 Å². The van der Waals surface area contributed by atoms with Gasteiger partial charge < -0.3 is 4.74 Å². The zero-order valence-corrected chi connectivity index (χ0v) is 11.6. The van der Waals surface area contributed by atoms with Crippen LogP contribution in [0.15, 0.2) is 54.6 Å². The number of aryl methyl sites for hydroxylation is 2. The molecule has 2 rings (SSSR count). The van der Waals surface area contributed by atoms with E-state index in [-0.39, 0.29) is 0 Å². The summed E-state index contributed by atoms with van der Waals surface area (Å²) >= 11 is 0. The Hall–Kier alpha value is -1.76. The van der Waals surface area contributed by atoms with E-state index in [4.69, 9.17) is 4.74 Å². The van der Waals surface area contributed by atoms with Crippen molar-refractivity contribution in [2.45, 2.75) is 32.6 Å². The fourth-order valence-corrected chi connectivity index (χ4v) is 2.30. The Morgan fingerprint density at radius 3 is 2.26 bits per heavy atom. The second-order valence-corrected chi connectivity index (χ2v) is 4.73. The van der Waals surface area contributed by atoms with Crippen molar-refractivity contribution < 1.29 is 4.74 Å². The number of hydrogen-bond acceptors (Lipinski definition) is 1. The Labute approximate surface area is 116 Å². The maximum absolute atomic E-state index is 5.65. The number of rotatable bonds is 7. The van der Waals surface area contributed by atoms with Crippen molar-refractivity contribution in [1.29, 1.82) is 0 Å². The predicted octanol–water partition coefficient (Wildman–Crippen LogP) is 4.65. The van der Waals surface area contributed by atoms with Crippen LogP contribution >= 0.6 is 0 Å². The molecule has 1 heteroatoms. The zero-order valence-electron chi connectivity index (χ0n) is 11.6. The summed E-state index contributed by atoms with van der Waals surface area (Å²) in [5.74, 6) is 1.05. The molecule has 19 heavy (non-hydrogen) atoms. The van der Waals surface area contributed by atoms with Gasteiger partial charge in [-0.1, -0.05) is 48.5 Å². The van der Waals surface area contributed by atoms with Crippen LogP contribution in [0.1, 0.15) is 30.9 Å². The number of ether oxygens (including phenoxy) is 1. The van der Waals surface area contributed by atoms with Gasteiger partial charge in [-0.3, -0.25) is 0 Å². The number of unbranched alkanes of at least 4 members (excludes halogenated alkanes) is 1. The SMILES string of the molecule is CCOc1ccccc1CCCCc1ccccc1. The molecule has 0 heterocycles. The van der Waals surface area contributed by atoms with Crippen LogP contribution < -0.4 is 4.74 Å². The molecule has 0 aliphatic carbocycles. The fourth-order valence-electron chi connectivity index (χ4n) is 2.30. The van der Waals surface area contributed by atoms with Crippen molar-refractivity contribution in [3.05, 3.63) is 65.7 Å². The smallest absolute Gasteiger partial charge is 0.122 e. The highest BCUT2D eigenvalue weighted by molar-refractivity contribution is 5.33. The summed E-state index contributed by atoms with van der Waals surface area (Å²) in [6.45, 7) is 2.77. The maximum atomic E-state index is 5.65. The van der Waals surface area contributed by atoms with E-state index in [9.17, 15) is 0 Å². The maximum Gasteiger partial charge on any atom is 0.122 e. The van der Waals surface area contributed by atoms with Gasteiger partial charge in [-0.25, -0.2) is 0 Å². The topological polar surface area (TPSA) is 9.23 Å². The highest BCUT2D eigenvalue weighted by Gasteiger charge is 2.02. The molecule has 100 valence electrons. The molecule has 1 nitrogen and oxygen atoms in total. The van der Waals surface area contributed by atoms with Gasteiger partial charge in [0.15, 0.2) is 0 Å². The minimum Gasteiger partial charge on any atom is -0.494 e. The number of hydrogen-bond donors (Lipinski definition) is 0. The summed E-state index contributed by atoms with van der Waals surface area (Å²) in [6.07, 6.45) is 4.70. The van der Waals surface area contributed by atoms with Crippen LogP contribution in [-0.2, 0) is 12.8 Å². The monoisotopic (exact) mass is 254 g/mol. The summed E-state index contributed by atoms with van der Waals surface area (Å²) < 4.78 is 5.65. The number of benzene rings is 2. The Balaban J connectivity index is 1.79. The van der Waals surface area contributed by atoms with Gasteiger partial charge in [0, 0.05) is 0 Å². The van der Waals surface area contributed by atoms with Gasteiger partial charge in [0.25, 0.3) is 0 Å². The van der Waals surface area contributed by atoms with Crippen molar-refractivity contribution >= 4 is 0 Å². The summed E-state index contributed by atoms with van der Waals surface area (Å²) in [4.78, 5) is 0.